The Morgan fingerprint density at radius 3 is 2.06 bits per heavy atom. The van der Waals surface area contributed by atoms with Gasteiger partial charge >= 0.3 is 0 Å². The average Bonchev–Trinajstić information content (AvgIpc) is 2.70. The van der Waals surface area contributed by atoms with Crippen LogP contribution < -0.4 is 10.6 Å². The van der Waals surface area contributed by atoms with Gasteiger partial charge in [0.05, 0.1) is 0 Å². The van der Waals surface area contributed by atoms with E-state index in [1.54, 1.807) is 6.92 Å². The van der Waals surface area contributed by atoms with Gasteiger partial charge in [0, 0.05) is 23.3 Å². The van der Waals surface area contributed by atoms with Crippen LogP contribution in [0.3, 0.4) is 0 Å². The van der Waals surface area contributed by atoms with E-state index in [0.29, 0.717) is 11.1 Å². The molecule has 0 fully saturated rings. The number of carbonyl (C=O) groups is 4. The third-order valence-electron chi connectivity index (χ3n) is 2.68. The summed E-state index contributed by atoms with van der Waals surface area (Å²) in [6.07, 6.45) is 2.69. The quantitative estimate of drug-likeness (QED) is 0.624. The summed E-state index contributed by atoms with van der Waals surface area (Å²) in [5.41, 5.74) is 0.665. The molecule has 1 atom stereocenters. The van der Waals surface area contributed by atoms with E-state index in [9.17, 15) is 19.2 Å². The minimum Gasteiger partial charge on any atom is -0.289 e. The van der Waals surface area contributed by atoms with Crippen molar-refractivity contribution in [3.05, 3.63) is 23.3 Å². The minimum absolute atomic E-state index is 0.254. The maximum Gasteiger partial charge on any atom is 0.254 e. The average molecular weight is 234 g/mol. The summed E-state index contributed by atoms with van der Waals surface area (Å²) in [7, 11) is 0. The van der Waals surface area contributed by atoms with E-state index in [1.165, 1.54) is 12.2 Å². The van der Waals surface area contributed by atoms with Crippen LogP contribution >= 0.6 is 0 Å². The van der Waals surface area contributed by atoms with Crippen molar-refractivity contribution in [2.75, 3.05) is 0 Å². The van der Waals surface area contributed by atoms with Gasteiger partial charge in [0.1, 0.15) is 0 Å². The van der Waals surface area contributed by atoms with Crippen molar-refractivity contribution in [1.29, 1.82) is 0 Å². The molecule has 6 nitrogen and oxygen atoms in total. The van der Waals surface area contributed by atoms with Crippen molar-refractivity contribution in [3.63, 3.8) is 0 Å². The van der Waals surface area contributed by atoms with E-state index in [-0.39, 0.29) is 12.3 Å². The molecule has 0 aliphatic carbocycles. The van der Waals surface area contributed by atoms with Crippen molar-refractivity contribution in [2.45, 2.75) is 13.3 Å². The molecule has 0 saturated heterocycles. The van der Waals surface area contributed by atoms with Gasteiger partial charge in [-0.05, 0) is 12.3 Å². The molecule has 2 rings (SSSR count). The van der Waals surface area contributed by atoms with Gasteiger partial charge in [0.25, 0.3) is 23.6 Å². The van der Waals surface area contributed by atoms with Crippen LogP contribution in [0.15, 0.2) is 23.3 Å². The highest BCUT2D eigenvalue weighted by molar-refractivity contribution is 6.17. The number of imide groups is 2. The molecule has 0 aromatic rings. The lowest BCUT2D eigenvalue weighted by Gasteiger charge is -2.10. The Labute approximate surface area is 96.7 Å². The van der Waals surface area contributed by atoms with Crippen molar-refractivity contribution in [2.24, 2.45) is 5.92 Å². The van der Waals surface area contributed by atoms with Gasteiger partial charge in [-0.1, -0.05) is 6.92 Å². The molecule has 0 bridgehead atoms. The molecule has 2 N–H and O–H groups in total. The van der Waals surface area contributed by atoms with Crippen LogP contribution in [0.2, 0.25) is 0 Å². The van der Waals surface area contributed by atoms with Crippen LogP contribution in [-0.2, 0) is 19.2 Å². The van der Waals surface area contributed by atoms with Gasteiger partial charge in [-0.15, -0.1) is 0 Å². The molecule has 2 aliphatic heterocycles. The topological polar surface area (TPSA) is 92.3 Å². The zero-order valence-corrected chi connectivity index (χ0v) is 9.07. The molecule has 1 unspecified atom stereocenters. The third-order valence-corrected chi connectivity index (χ3v) is 2.68. The number of nitrogens with one attached hydrogen (secondary N) is 2. The van der Waals surface area contributed by atoms with E-state index in [1.807, 2.05) is 0 Å². The van der Waals surface area contributed by atoms with Crippen LogP contribution in [0, 0.1) is 5.92 Å². The van der Waals surface area contributed by atoms with Gasteiger partial charge in [-0.2, -0.15) is 0 Å². The minimum atomic E-state index is -0.447. The second-order valence-electron chi connectivity index (χ2n) is 4.01. The van der Waals surface area contributed by atoms with E-state index in [4.69, 9.17) is 0 Å². The summed E-state index contributed by atoms with van der Waals surface area (Å²) in [6, 6.07) is 0. The van der Waals surface area contributed by atoms with Crippen LogP contribution in [0.5, 0.6) is 0 Å². The molecule has 0 radical (unpaired) electrons. The largest absolute Gasteiger partial charge is 0.289 e. The highest BCUT2D eigenvalue weighted by Gasteiger charge is 2.29. The number of hydrogen-bond donors (Lipinski definition) is 2. The fraction of sp³-hybridized carbons (Fsp3) is 0.273. The summed E-state index contributed by atoms with van der Waals surface area (Å²) in [4.78, 5) is 44.5. The van der Waals surface area contributed by atoms with Crippen LogP contribution in [0.1, 0.15) is 13.3 Å². The van der Waals surface area contributed by atoms with Gasteiger partial charge in [-0.25, -0.2) is 0 Å². The number of rotatable bonds is 3. The van der Waals surface area contributed by atoms with E-state index < -0.39 is 23.6 Å². The molecule has 0 saturated carbocycles. The van der Waals surface area contributed by atoms with E-state index in [2.05, 4.69) is 10.6 Å². The smallest absolute Gasteiger partial charge is 0.254 e. The maximum absolute atomic E-state index is 11.4. The predicted molar refractivity (Wildman–Crippen MR) is 56.2 cm³/mol. The SMILES string of the molecule is CC(CC1=CC(=O)NC1=O)C1=CC(=O)NC1=O. The fourth-order valence-electron chi connectivity index (χ4n) is 1.84. The molecular formula is C11H10N2O4. The Morgan fingerprint density at radius 1 is 1.00 bits per heavy atom. The Hall–Kier alpha value is -2.24. The second-order valence-corrected chi connectivity index (χ2v) is 4.01. The first-order chi connectivity index (χ1) is 7.97. The Morgan fingerprint density at radius 2 is 1.59 bits per heavy atom. The van der Waals surface area contributed by atoms with Crippen molar-refractivity contribution >= 4 is 23.6 Å². The molecule has 6 heteroatoms. The molecule has 0 spiro atoms. The lowest BCUT2D eigenvalue weighted by molar-refractivity contribution is -0.125. The normalized spacial score (nSPS) is 21.0. The first-order valence-corrected chi connectivity index (χ1v) is 5.10. The molecule has 88 valence electrons. The molecular weight excluding hydrogens is 224 g/mol. The van der Waals surface area contributed by atoms with Gasteiger partial charge < -0.3 is 0 Å². The monoisotopic (exact) mass is 234 g/mol. The van der Waals surface area contributed by atoms with Crippen molar-refractivity contribution in [1.82, 2.24) is 10.6 Å². The fourth-order valence-corrected chi connectivity index (χ4v) is 1.84. The van der Waals surface area contributed by atoms with Crippen LogP contribution in [0.4, 0.5) is 0 Å². The highest BCUT2D eigenvalue weighted by Crippen LogP contribution is 2.23. The summed E-state index contributed by atoms with van der Waals surface area (Å²) in [6.45, 7) is 1.72. The number of amides is 4. The van der Waals surface area contributed by atoms with E-state index >= 15 is 0 Å². The Bertz CT molecular complexity index is 502. The molecule has 17 heavy (non-hydrogen) atoms. The third kappa shape index (κ3) is 2.15. The van der Waals surface area contributed by atoms with Crippen molar-refractivity contribution < 1.29 is 19.2 Å². The van der Waals surface area contributed by atoms with Crippen LogP contribution in [0.25, 0.3) is 0 Å². The molecule has 2 aliphatic rings. The molecule has 0 aromatic carbocycles. The van der Waals surface area contributed by atoms with Crippen LogP contribution in [-0.4, -0.2) is 23.6 Å². The second kappa shape index (κ2) is 3.97. The first-order valence-electron chi connectivity index (χ1n) is 5.10. The summed E-state index contributed by atoms with van der Waals surface area (Å²) >= 11 is 0. The standard InChI is InChI=1S/C11H10N2O4/c1-5(7-4-9(15)13-11(7)17)2-6-3-8(14)12-10(6)16/h3-5H,2H2,1H3,(H,12,14,16)(H,13,15,17). The summed E-state index contributed by atoms with van der Waals surface area (Å²) < 4.78 is 0. The number of hydrogen-bond acceptors (Lipinski definition) is 4. The van der Waals surface area contributed by atoms with Gasteiger partial charge in [0.2, 0.25) is 0 Å². The van der Waals surface area contributed by atoms with E-state index in [0.717, 1.165) is 0 Å². The molecule has 2 heterocycles. The number of carbonyl (C=O) groups excluding carboxylic acids is 4. The first kappa shape index (κ1) is 11.3. The maximum atomic E-state index is 11.4. The summed E-state index contributed by atoms with van der Waals surface area (Å²) in [5.74, 6) is -2.06. The lowest BCUT2D eigenvalue weighted by atomic mass is 9.93. The van der Waals surface area contributed by atoms with Crippen molar-refractivity contribution in [3.8, 4) is 0 Å². The van der Waals surface area contributed by atoms with Gasteiger partial charge in [-0.3, -0.25) is 29.8 Å². The molecule has 0 aromatic heterocycles. The lowest BCUT2D eigenvalue weighted by Crippen LogP contribution is -2.25. The Balaban J connectivity index is 2.10. The molecule has 4 amide bonds. The zero-order valence-electron chi connectivity index (χ0n) is 9.07. The predicted octanol–water partition coefficient (Wildman–Crippen LogP) is -0.822. The Kier molecular flexibility index (Phi) is 2.63. The van der Waals surface area contributed by atoms with Gasteiger partial charge in [0.15, 0.2) is 0 Å². The zero-order chi connectivity index (χ0) is 12.6. The summed E-state index contributed by atoms with van der Waals surface area (Å²) in [5, 5.41) is 4.26. The highest BCUT2D eigenvalue weighted by atomic mass is 16.2.